The van der Waals surface area contributed by atoms with Crippen LogP contribution in [0.4, 0.5) is 0 Å². The summed E-state index contributed by atoms with van der Waals surface area (Å²) in [5.74, 6) is 0. The Labute approximate surface area is 213 Å². The molecule has 0 bridgehead atoms. The van der Waals surface area contributed by atoms with Crippen molar-refractivity contribution >= 4 is 7.82 Å². The zero-order chi connectivity index (χ0) is 25.2. The molecule has 0 fully saturated rings. The molecule has 0 amide bonds. The molecule has 5 nitrogen and oxygen atoms in total. The highest BCUT2D eigenvalue weighted by Gasteiger charge is 2.20. The average Bonchev–Trinajstić information content (AvgIpc) is 2.82. The van der Waals surface area contributed by atoms with Crippen LogP contribution in [0.25, 0.3) is 0 Å². The molecule has 0 aliphatic rings. The number of phosphoric ester groups is 1. The highest BCUT2D eigenvalue weighted by atomic mass is 31.2. The summed E-state index contributed by atoms with van der Waals surface area (Å²) in [7, 11) is -3.91. The van der Waals surface area contributed by atoms with Gasteiger partial charge in [0.05, 0.1) is 13.2 Å². The second-order valence-corrected chi connectivity index (χ2v) is 11.4. The van der Waals surface area contributed by atoms with Gasteiger partial charge in [0.15, 0.2) is 0 Å². The molecule has 0 aromatic carbocycles. The molecular weight excluding hydrogens is 445 g/mol. The van der Waals surface area contributed by atoms with Gasteiger partial charge in [-0.2, -0.15) is 0 Å². The van der Waals surface area contributed by atoms with E-state index in [1.54, 1.807) is 0 Å². The Morgan fingerprint density at radius 1 is 0.500 bits per heavy atom. The fourth-order valence-corrected chi connectivity index (χ4v) is 5.11. The van der Waals surface area contributed by atoms with Crippen LogP contribution in [-0.2, 0) is 13.6 Å². The fraction of sp³-hybridized carbons (Fsp3) is 1.00. The maximum atomic E-state index is 12.1. The van der Waals surface area contributed by atoms with Crippen molar-refractivity contribution in [1.29, 1.82) is 0 Å². The van der Waals surface area contributed by atoms with Gasteiger partial charge in [-0.3, -0.25) is 9.05 Å². The van der Waals surface area contributed by atoms with Crippen LogP contribution in [-0.4, -0.2) is 42.6 Å². The van der Waals surface area contributed by atoms with E-state index in [0.29, 0.717) is 6.61 Å². The fourth-order valence-electron chi connectivity index (χ4n) is 4.31. The minimum atomic E-state index is -3.91. The number of unbranched alkanes of at least 4 members (excludes halogenated alkanes) is 16. The molecule has 0 heterocycles. The van der Waals surface area contributed by atoms with E-state index in [2.05, 4.69) is 25.7 Å². The normalized spacial score (nSPS) is 13.6. The summed E-state index contributed by atoms with van der Waals surface area (Å²) in [4.78, 5) is 12.5. The summed E-state index contributed by atoms with van der Waals surface area (Å²) >= 11 is 0. The van der Waals surface area contributed by atoms with Gasteiger partial charge in [-0.15, -0.1) is 0 Å². The van der Waals surface area contributed by atoms with Crippen LogP contribution in [0.3, 0.4) is 0 Å². The van der Waals surface area contributed by atoms with Crippen LogP contribution in [0.15, 0.2) is 0 Å². The molecule has 206 valence electrons. The molecule has 1 atom stereocenters. The standard InChI is InChI=1S/C28H60NO4P/c1-4-7-10-13-16-19-22-27-32-34(30,31)33-28-23-26-29(24-20-17-14-11-8-5-2)25-21-18-15-12-9-6-3/h4-28H2,1-3H3,(H,30,31). The van der Waals surface area contributed by atoms with E-state index in [4.69, 9.17) is 9.05 Å². The molecule has 0 aromatic heterocycles. The minimum absolute atomic E-state index is 0.286. The van der Waals surface area contributed by atoms with Gasteiger partial charge in [-0.1, -0.05) is 124 Å². The molecular formula is C28H60NO4P. The number of nitrogens with zero attached hydrogens (tertiary/aromatic N) is 1. The lowest BCUT2D eigenvalue weighted by molar-refractivity contribution is 0.139. The highest BCUT2D eigenvalue weighted by Crippen LogP contribution is 2.43. The molecule has 34 heavy (non-hydrogen) atoms. The lowest BCUT2D eigenvalue weighted by atomic mass is 10.1. The minimum Gasteiger partial charge on any atom is -0.303 e. The number of hydrogen-bond donors (Lipinski definition) is 1. The summed E-state index contributed by atoms with van der Waals surface area (Å²) in [5, 5.41) is 0. The molecule has 0 saturated heterocycles. The Morgan fingerprint density at radius 2 is 0.824 bits per heavy atom. The molecule has 6 heteroatoms. The third-order valence-electron chi connectivity index (χ3n) is 6.53. The number of hydrogen-bond acceptors (Lipinski definition) is 4. The Kier molecular flexibility index (Phi) is 26.2. The lowest BCUT2D eigenvalue weighted by Crippen LogP contribution is -2.28. The Morgan fingerprint density at radius 3 is 1.26 bits per heavy atom. The molecule has 0 aliphatic carbocycles. The van der Waals surface area contributed by atoms with Crippen molar-refractivity contribution < 1.29 is 18.5 Å². The van der Waals surface area contributed by atoms with Crippen LogP contribution in [0, 0.1) is 0 Å². The van der Waals surface area contributed by atoms with Crippen molar-refractivity contribution in [1.82, 2.24) is 4.90 Å². The zero-order valence-electron chi connectivity index (χ0n) is 23.2. The first-order valence-electron chi connectivity index (χ1n) is 14.9. The number of rotatable bonds is 28. The summed E-state index contributed by atoms with van der Waals surface area (Å²) in [6, 6.07) is 0. The molecule has 0 rings (SSSR count). The van der Waals surface area contributed by atoms with E-state index in [9.17, 15) is 9.46 Å². The van der Waals surface area contributed by atoms with Crippen molar-refractivity contribution in [2.24, 2.45) is 0 Å². The Hall–Kier alpha value is 0.0700. The van der Waals surface area contributed by atoms with Gasteiger partial charge in [0, 0.05) is 6.54 Å². The van der Waals surface area contributed by atoms with Crippen molar-refractivity contribution in [3.63, 3.8) is 0 Å². The van der Waals surface area contributed by atoms with Crippen molar-refractivity contribution in [3.05, 3.63) is 0 Å². The van der Waals surface area contributed by atoms with Gasteiger partial charge in [0.1, 0.15) is 0 Å². The summed E-state index contributed by atoms with van der Waals surface area (Å²) in [6.45, 7) is 10.5. The number of phosphoric acid groups is 1. The van der Waals surface area contributed by atoms with Gasteiger partial charge >= 0.3 is 7.82 Å². The van der Waals surface area contributed by atoms with E-state index in [-0.39, 0.29) is 6.61 Å². The topological polar surface area (TPSA) is 59.0 Å². The summed E-state index contributed by atoms with van der Waals surface area (Å²) in [6.07, 6.45) is 24.7. The maximum Gasteiger partial charge on any atom is 0.472 e. The van der Waals surface area contributed by atoms with Gasteiger partial charge in [-0.05, 0) is 38.8 Å². The first kappa shape index (κ1) is 34.1. The van der Waals surface area contributed by atoms with E-state index in [0.717, 1.165) is 38.9 Å². The third-order valence-corrected chi connectivity index (χ3v) is 7.55. The van der Waals surface area contributed by atoms with Crippen LogP contribution < -0.4 is 0 Å². The Bertz CT molecular complexity index is 434. The molecule has 0 radical (unpaired) electrons. The van der Waals surface area contributed by atoms with Crippen LogP contribution in [0.5, 0.6) is 0 Å². The third kappa shape index (κ3) is 25.2. The van der Waals surface area contributed by atoms with E-state index in [1.165, 1.54) is 109 Å². The largest absolute Gasteiger partial charge is 0.472 e. The van der Waals surface area contributed by atoms with Crippen molar-refractivity contribution in [3.8, 4) is 0 Å². The van der Waals surface area contributed by atoms with Crippen molar-refractivity contribution in [2.45, 2.75) is 149 Å². The van der Waals surface area contributed by atoms with Gasteiger partial charge < -0.3 is 9.79 Å². The summed E-state index contributed by atoms with van der Waals surface area (Å²) < 4.78 is 22.5. The van der Waals surface area contributed by atoms with Crippen LogP contribution in [0.2, 0.25) is 0 Å². The molecule has 1 N–H and O–H groups in total. The molecule has 0 aromatic rings. The second-order valence-electron chi connectivity index (χ2n) is 9.99. The highest BCUT2D eigenvalue weighted by molar-refractivity contribution is 7.47. The lowest BCUT2D eigenvalue weighted by Gasteiger charge is -2.22. The molecule has 1 unspecified atom stereocenters. The quantitative estimate of drug-likeness (QED) is 0.0848. The van der Waals surface area contributed by atoms with Gasteiger partial charge in [0.2, 0.25) is 0 Å². The Balaban J connectivity index is 4.01. The predicted molar refractivity (Wildman–Crippen MR) is 148 cm³/mol. The van der Waals surface area contributed by atoms with Crippen LogP contribution in [0.1, 0.15) is 149 Å². The molecule has 0 aliphatic heterocycles. The summed E-state index contributed by atoms with van der Waals surface area (Å²) in [5.41, 5.74) is 0. The van der Waals surface area contributed by atoms with E-state index < -0.39 is 7.82 Å². The maximum absolute atomic E-state index is 12.1. The van der Waals surface area contributed by atoms with Crippen LogP contribution >= 0.6 is 7.82 Å². The molecule has 0 saturated carbocycles. The second kappa shape index (κ2) is 26.1. The first-order chi connectivity index (χ1) is 16.6. The SMILES string of the molecule is CCCCCCCCCOP(=O)(O)OCCCN(CCCCCCCC)CCCCCCCC. The molecule has 0 spiro atoms. The first-order valence-corrected chi connectivity index (χ1v) is 16.4. The zero-order valence-corrected chi connectivity index (χ0v) is 24.1. The smallest absolute Gasteiger partial charge is 0.303 e. The van der Waals surface area contributed by atoms with Gasteiger partial charge in [0.25, 0.3) is 0 Å². The van der Waals surface area contributed by atoms with Gasteiger partial charge in [-0.25, -0.2) is 4.57 Å². The average molecular weight is 506 g/mol. The predicted octanol–water partition coefficient (Wildman–Crippen LogP) is 9.28. The monoisotopic (exact) mass is 505 g/mol. The van der Waals surface area contributed by atoms with E-state index in [1.807, 2.05) is 0 Å². The van der Waals surface area contributed by atoms with E-state index >= 15 is 0 Å². The van der Waals surface area contributed by atoms with Crippen molar-refractivity contribution in [2.75, 3.05) is 32.8 Å².